The highest BCUT2D eigenvalue weighted by Gasteiger charge is 2.61. The van der Waals surface area contributed by atoms with Gasteiger partial charge in [-0.2, -0.15) is 17.6 Å². The van der Waals surface area contributed by atoms with Gasteiger partial charge < -0.3 is 0 Å². The molecule has 0 unspecified atom stereocenters. The monoisotopic (exact) mass is 207 g/mol. The number of hydrogen-bond donors (Lipinski definition) is 0. The van der Waals surface area contributed by atoms with E-state index in [4.69, 9.17) is 0 Å². The Morgan fingerprint density at radius 3 is 1.92 bits per heavy atom. The van der Waals surface area contributed by atoms with Crippen LogP contribution in [0.25, 0.3) is 0 Å². The number of halogens is 6. The standard InChI is InChI=1S/C7H9F6/c1-2-3-5(9)7(12,13)6(10,11)4-8/h5H,1-4H2/t5-/m0/s1. The minimum absolute atomic E-state index is 0.251. The fourth-order valence-corrected chi connectivity index (χ4v) is 0.679. The second-order valence-electron chi connectivity index (χ2n) is 2.57. The predicted octanol–water partition coefficient (Wildman–Crippen LogP) is 3.18. The molecule has 0 saturated carbocycles. The van der Waals surface area contributed by atoms with Crippen molar-refractivity contribution in [3.05, 3.63) is 6.92 Å². The third-order valence-corrected chi connectivity index (χ3v) is 1.51. The molecule has 6 heteroatoms. The Kier molecular flexibility index (Phi) is 4.06. The van der Waals surface area contributed by atoms with Crippen molar-refractivity contribution in [3.8, 4) is 0 Å². The molecule has 0 rings (SSSR count). The van der Waals surface area contributed by atoms with Crippen LogP contribution in [0.15, 0.2) is 0 Å². The summed E-state index contributed by atoms with van der Waals surface area (Å²) >= 11 is 0. The summed E-state index contributed by atoms with van der Waals surface area (Å²) in [6.07, 6.45) is -4.13. The van der Waals surface area contributed by atoms with Crippen molar-refractivity contribution in [2.45, 2.75) is 30.9 Å². The van der Waals surface area contributed by atoms with E-state index in [9.17, 15) is 26.3 Å². The van der Waals surface area contributed by atoms with Gasteiger partial charge in [-0.25, -0.2) is 8.78 Å². The first-order chi connectivity index (χ1) is 5.79. The lowest BCUT2D eigenvalue weighted by Crippen LogP contribution is -2.49. The summed E-state index contributed by atoms with van der Waals surface area (Å²) in [4.78, 5) is 0. The summed E-state index contributed by atoms with van der Waals surface area (Å²) in [5, 5.41) is 0. The van der Waals surface area contributed by atoms with Crippen LogP contribution in [-0.2, 0) is 0 Å². The molecule has 0 aromatic carbocycles. The third-order valence-electron chi connectivity index (χ3n) is 1.51. The van der Waals surface area contributed by atoms with Crippen LogP contribution >= 0.6 is 0 Å². The Bertz CT molecular complexity index is 155. The molecule has 0 fully saturated rings. The van der Waals surface area contributed by atoms with E-state index in [1.54, 1.807) is 0 Å². The summed E-state index contributed by atoms with van der Waals surface area (Å²) in [5.74, 6) is -9.90. The maximum atomic E-state index is 12.4. The van der Waals surface area contributed by atoms with Crippen molar-refractivity contribution in [1.29, 1.82) is 0 Å². The first kappa shape index (κ1) is 12.6. The van der Waals surface area contributed by atoms with Gasteiger partial charge in [0.25, 0.3) is 0 Å². The van der Waals surface area contributed by atoms with Crippen LogP contribution in [-0.4, -0.2) is 24.7 Å². The fraction of sp³-hybridized carbons (Fsp3) is 0.857. The van der Waals surface area contributed by atoms with Crippen molar-refractivity contribution in [2.24, 2.45) is 0 Å². The second-order valence-corrected chi connectivity index (χ2v) is 2.57. The van der Waals surface area contributed by atoms with Crippen LogP contribution in [0.4, 0.5) is 26.3 Å². The largest absolute Gasteiger partial charge is 0.343 e. The number of rotatable bonds is 5. The maximum absolute atomic E-state index is 12.4. The lowest BCUT2D eigenvalue weighted by molar-refractivity contribution is -0.244. The molecule has 0 spiro atoms. The topological polar surface area (TPSA) is 0 Å². The molecular weight excluding hydrogens is 198 g/mol. The highest BCUT2D eigenvalue weighted by molar-refractivity contribution is 4.90. The zero-order valence-corrected chi connectivity index (χ0v) is 6.67. The van der Waals surface area contributed by atoms with Crippen molar-refractivity contribution >= 4 is 0 Å². The van der Waals surface area contributed by atoms with Crippen LogP contribution in [0.1, 0.15) is 12.8 Å². The van der Waals surface area contributed by atoms with Crippen molar-refractivity contribution < 1.29 is 26.3 Å². The van der Waals surface area contributed by atoms with E-state index >= 15 is 0 Å². The molecule has 0 aliphatic carbocycles. The Balaban J connectivity index is 4.53. The molecule has 0 bridgehead atoms. The molecule has 0 saturated heterocycles. The zero-order chi connectivity index (χ0) is 10.7. The highest BCUT2D eigenvalue weighted by atomic mass is 19.3. The Morgan fingerprint density at radius 1 is 1.15 bits per heavy atom. The molecule has 1 atom stereocenters. The zero-order valence-electron chi connectivity index (χ0n) is 6.67. The molecule has 0 amide bonds. The summed E-state index contributed by atoms with van der Waals surface area (Å²) in [6, 6.07) is 0. The SMILES string of the molecule is [CH2]CC[C@H](F)C(F)(F)C(F)(F)CF. The van der Waals surface area contributed by atoms with E-state index < -0.39 is 31.1 Å². The predicted molar refractivity (Wildman–Crippen MR) is 35.4 cm³/mol. The third kappa shape index (κ3) is 2.51. The van der Waals surface area contributed by atoms with E-state index in [2.05, 4.69) is 6.92 Å². The van der Waals surface area contributed by atoms with E-state index in [0.717, 1.165) is 0 Å². The van der Waals surface area contributed by atoms with E-state index in [1.807, 2.05) is 0 Å². The van der Waals surface area contributed by atoms with Gasteiger partial charge in [-0.1, -0.05) is 13.3 Å². The minimum Gasteiger partial charge on any atom is -0.244 e. The van der Waals surface area contributed by atoms with E-state index in [-0.39, 0.29) is 6.42 Å². The van der Waals surface area contributed by atoms with Crippen LogP contribution in [0.3, 0.4) is 0 Å². The summed E-state index contributed by atoms with van der Waals surface area (Å²) < 4.78 is 72.9. The van der Waals surface area contributed by atoms with Gasteiger partial charge in [0.05, 0.1) is 0 Å². The Labute approximate surface area is 71.9 Å². The van der Waals surface area contributed by atoms with Crippen molar-refractivity contribution in [3.63, 3.8) is 0 Å². The summed E-state index contributed by atoms with van der Waals surface area (Å²) in [5.41, 5.74) is 0. The maximum Gasteiger partial charge on any atom is 0.343 e. The average Bonchev–Trinajstić information content (AvgIpc) is 2.04. The van der Waals surface area contributed by atoms with Gasteiger partial charge in [0.15, 0.2) is 12.8 Å². The van der Waals surface area contributed by atoms with E-state index in [0.29, 0.717) is 0 Å². The van der Waals surface area contributed by atoms with Crippen LogP contribution < -0.4 is 0 Å². The van der Waals surface area contributed by atoms with Gasteiger partial charge in [-0.05, 0) is 6.42 Å². The van der Waals surface area contributed by atoms with Gasteiger partial charge in [0.2, 0.25) is 0 Å². The van der Waals surface area contributed by atoms with Gasteiger partial charge in [0, 0.05) is 0 Å². The van der Waals surface area contributed by atoms with Gasteiger partial charge in [-0.3, -0.25) is 0 Å². The lowest BCUT2D eigenvalue weighted by Gasteiger charge is -2.26. The molecule has 0 nitrogen and oxygen atoms in total. The molecule has 0 N–H and O–H groups in total. The Hall–Kier alpha value is -0.420. The molecular formula is C7H9F6. The molecule has 0 aliphatic heterocycles. The Morgan fingerprint density at radius 2 is 1.62 bits per heavy atom. The highest BCUT2D eigenvalue weighted by Crippen LogP contribution is 2.40. The summed E-state index contributed by atoms with van der Waals surface area (Å²) in [7, 11) is 0. The number of alkyl halides is 6. The molecule has 13 heavy (non-hydrogen) atoms. The van der Waals surface area contributed by atoms with Gasteiger partial charge >= 0.3 is 11.8 Å². The normalized spacial score (nSPS) is 15.9. The van der Waals surface area contributed by atoms with Crippen LogP contribution in [0.2, 0.25) is 0 Å². The molecule has 1 radical (unpaired) electrons. The minimum atomic E-state index is -4.96. The first-order valence-electron chi connectivity index (χ1n) is 3.54. The van der Waals surface area contributed by atoms with Gasteiger partial charge in [-0.15, -0.1) is 0 Å². The summed E-state index contributed by atoms with van der Waals surface area (Å²) in [6.45, 7) is 0.463. The van der Waals surface area contributed by atoms with Crippen molar-refractivity contribution in [2.75, 3.05) is 6.67 Å². The average molecular weight is 207 g/mol. The van der Waals surface area contributed by atoms with Crippen LogP contribution in [0.5, 0.6) is 0 Å². The molecule has 79 valence electrons. The molecule has 0 aromatic heterocycles. The smallest absolute Gasteiger partial charge is 0.244 e. The lowest BCUT2D eigenvalue weighted by atomic mass is 10.0. The molecule has 0 heterocycles. The number of hydrogen-bond acceptors (Lipinski definition) is 0. The fourth-order valence-electron chi connectivity index (χ4n) is 0.679. The molecule has 0 aliphatic rings. The quantitative estimate of drug-likeness (QED) is 0.607. The van der Waals surface area contributed by atoms with Crippen molar-refractivity contribution in [1.82, 2.24) is 0 Å². The first-order valence-corrected chi connectivity index (χ1v) is 3.54. The van der Waals surface area contributed by atoms with Gasteiger partial charge in [0.1, 0.15) is 0 Å². The molecule has 0 aromatic rings. The van der Waals surface area contributed by atoms with E-state index in [1.165, 1.54) is 0 Å². The van der Waals surface area contributed by atoms with Crippen LogP contribution in [0, 0.1) is 6.92 Å². The second kappa shape index (κ2) is 4.19.